The Hall–Kier alpha value is -2.96. The van der Waals surface area contributed by atoms with Gasteiger partial charge in [-0.3, -0.25) is 4.79 Å². The average molecular weight is 423 g/mol. The van der Waals surface area contributed by atoms with E-state index in [1.165, 1.54) is 4.31 Å². The molecule has 0 saturated heterocycles. The highest BCUT2D eigenvalue weighted by Crippen LogP contribution is 2.17. The van der Waals surface area contributed by atoms with Crippen molar-refractivity contribution in [2.75, 3.05) is 13.1 Å². The molecule has 0 spiro atoms. The van der Waals surface area contributed by atoms with Gasteiger partial charge in [-0.25, -0.2) is 8.42 Å². The number of nitrogens with zero attached hydrogens (tertiary/aromatic N) is 2. The Bertz CT molecular complexity index is 998. The van der Waals surface area contributed by atoms with Crippen molar-refractivity contribution < 1.29 is 13.2 Å². The van der Waals surface area contributed by atoms with Gasteiger partial charge in [0.25, 0.3) is 0 Å². The molecule has 30 heavy (non-hydrogen) atoms. The molecule has 156 valence electrons. The second kappa shape index (κ2) is 10.2. The van der Waals surface area contributed by atoms with Crippen molar-refractivity contribution in [3.8, 4) is 0 Å². The minimum atomic E-state index is -3.74. The molecule has 3 aromatic rings. The van der Waals surface area contributed by atoms with Crippen molar-refractivity contribution in [1.29, 1.82) is 0 Å². The van der Waals surface area contributed by atoms with Crippen molar-refractivity contribution in [3.63, 3.8) is 0 Å². The van der Waals surface area contributed by atoms with Crippen LogP contribution in [0.1, 0.15) is 18.1 Å². The van der Waals surface area contributed by atoms with Crippen LogP contribution in [0.3, 0.4) is 0 Å². The van der Waals surface area contributed by atoms with Gasteiger partial charge in [0.1, 0.15) is 0 Å². The maximum absolute atomic E-state index is 13.2. The average Bonchev–Trinajstić information content (AvgIpc) is 2.78. The van der Waals surface area contributed by atoms with Gasteiger partial charge in [0.15, 0.2) is 0 Å². The molecule has 0 fully saturated rings. The molecular formula is C24H26N2O3S. The summed E-state index contributed by atoms with van der Waals surface area (Å²) in [4.78, 5) is 15.1. The molecule has 0 saturated carbocycles. The first-order valence-corrected chi connectivity index (χ1v) is 11.4. The van der Waals surface area contributed by atoms with E-state index in [0.29, 0.717) is 13.1 Å². The molecule has 0 aliphatic rings. The number of carbonyl (C=O) groups excluding carboxylic acids is 1. The number of amides is 1. The molecule has 0 atom stereocenters. The van der Waals surface area contributed by atoms with E-state index in [4.69, 9.17) is 0 Å². The van der Waals surface area contributed by atoms with E-state index in [1.807, 2.05) is 60.7 Å². The smallest absolute Gasteiger partial charge is 0.243 e. The highest BCUT2D eigenvalue weighted by Gasteiger charge is 2.27. The van der Waals surface area contributed by atoms with Crippen LogP contribution in [0.15, 0.2) is 95.9 Å². The fourth-order valence-electron chi connectivity index (χ4n) is 3.20. The molecule has 3 aromatic carbocycles. The lowest BCUT2D eigenvalue weighted by atomic mass is 10.1. The van der Waals surface area contributed by atoms with Crippen LogP contribution < -0.4 is 0 Å². The lowest BCUT2D eigenvalue weighted by Gasteiger charge is -2.27. The molecule has 0 unspecified atom stereocenters. The van der Waals surface area contributed by atoms with Gasteiger partial charge in [0.2, 0.25) is 15.9 Å². The number of rotatable bonds is 9. The van der Waals surface area contributed by atoms with Crippen LogP contribution in [0.25, 0.3) is 0 Å². The highest BCUT2D eigenvalue weighted by molar-refractivity contribution is 7.89. The number of benzene rings is 3. The Labute approximate surface area is 178 Å². The Morgan fingerprint density at radius 2 is 1.17 bits per heavy atom. The van der Waals surface area contributed by atoms with Gasteiger partial charge in [0.05, 0.1) is 11.4 Å². The maximum atomic E-state index is 13.2. The zero-order valence-electron chi connectivity index (χ0n) is 17.0. The van der Waals surface area contributed by atoms with Crippen LogP contribution in [0.2, 0.25) is 0 Å². The summed E-state index contributed by atoms with van der Waals surface area (Å²) in [5.41, 5.74) is 1.99. The van der Waals surface area contributed by atoms with E-state index >= 15 is 0 Å². The van der Waals surface area contributed by atoms with Crippen LogP contribution in [-0.4, -0.2) is 36.6 Å². The van der Waals surface area contributed by atoms with Crippen LogP contribution in [0.4, 0.5) is 0 Å². The summed E-state index contributed by atoms with van der Waals surface area (Å²) in [5.74, 6) is -0.232. The Morgan fingerprint density at radius 1 is 0.733 bits per heavy atom. The summed E-state index contributed by atoms with van der Waals surface area (Å²) in [6.07, 6.45) is 0. The summed E-state index contributed by atoms with van der Waals surface area (Å²) in [7, 11) is -3.74. The molecule has 0 bridgehead atoms. The van der Waals surface area contributed by atoms with Crippen LogP contribution in [-0.2, 0) is 27.9 Å². The van der Waals surface area contributed by atoms with E-state index < -0.39 is 10.0 Å². The Kier molecular flexibility index (Phi) is 7.38. The fourth-order valence-corrected chi connectivity index (χ4v) is 4.62. The van der Waals surface area contributed by atoms with Gasteiger partial charge in [-0.2, -0.15) is 4.31 Å². The van der Waals surface area contributed by atoms with Crippen LogP contribution >= 0.6 is 0 Å². The summed E-state index contributed by atoms with van der Waals surface area (Å²) in [5, 5.41) is 0. The van der Waals surface area contributed by atoms with Gasteiger partial charge < -0.3 is 4.90 Å². The fraction of sp³-hybridized carbons (Fsp3) is 0.208. The minimum Gasteiger partial charge on any atom is -0.333 e. The van der Waals surface area contributed by atoms with Crippen LogP contribution in [0.5, 0.6) is 0 Å². The monoisotopic (exact) mass is 422 g/mol. The molecule has 0 aromatic heterocycles. The highest BCUT2D eigenvalue weighted by atomic mass is 32.2. The SMILES string of the molecule is CCN(CC(=O)N(Cc1ccccc1)Cc1ccccc1)S(=O)(=O)c1ccccc1. The predicted octanol–water partition coefficient (Wildman–Crippen LogP) is 3.93. The minimum absolute atomic E-state index is 0.192. The molecule has 6 heteroatoms. The molecule has 1 amide bonds. The van der Waals surface area contributed by atoms with Crippen molar-refractivity contribution in [2.24, 2.45) is 0 Å². The zero-order chi connectivity index (χ0) is 21.4. The summed E-state index contributed by atoms with van der Waals surface area (Å²) >= 11 is 0. The summed E-state index contributed by atoms with van der Waals surface area (Å²) in [6.45, 7) is 2.59. The third-order valence-electron chi connectivity index (χ3n) is 4.83. The molecule has 0 aliphatic heterocycles. The first kappa shape index (κ1) is 21.7. The van der Waals surface area contributed by atoms with E-state index in [-0.39, 0.29) is 23.9 Å². The lowest BCUT2D eigenvalue weighted by Crippen LogP contribution is -2.42. The van der Waals surface area contributed by atoms with E-state index in [2.05, 4.69) is 0 Å². The predicted molar refractivity (Wildman–Crippen MR) is 118 cm³/mol. The van der Waals surface area contributed by atoms with E-state index in [1.54, 1.807) is 42.2 Å². The van der Waals surface area contributed by atoms with Gasteiger partial charge in [0, 0.05) is 19.6 Å². The van der Waals surface area contributed by atoms with Crippen molar-refractivity contribution >= 4 is 15.9 Å². The van der Waals surface area contributed by atoms with Gasteiger partial charge in [-0.05, 0) is 23.3 Å². The summed E-state index contributed by atoms with van der Waals surface area (Å²) < 4.78 is 27.2. The molecular weight excluding hydrogens is 396 g/mol. The van der Waals surface area contributed by atoms with Gasteiger partial charge in [-0.15, -0.1) is 0 Å². The Balaban J connectivity index is 1.82. The Morgan fingerprint density at radius 3 is 1.60 bits per heavy atom. The first-order chi connectivity index (χ1) is 14.5. The molecule has 0 aliphatic carbocycles. The van der Waals surface area contributed by atoms with Crippen LogP contribution in [0, 0.1) is 0 Å². The quantitative estimate of drug-likeness (QED) is 0.525. The van der Waals surface area contributed by atoms with Crippen molar-refractivity contribution in [3.05, 3.63) is 102 Å². The number of likely N-dealkylation sites (N-methyl/N-ethyl adjacent to an activating group) is 1. The van der Waals surface area contributed by atoms with Crippen molar-refractivity contribution in [2.45, 2.75) is 24.9 Å². The topological polar surface area (TPSA) is 57.7 Å². The maximum Gasteiger partial charge on any atom is 0.243 e. The third-order valence-corrected chi connectivity index (χ3v) is 6.77. The molecule has 3 rings (SSSR count). The normalized spacial score (nSPS) is 11.4. The number of sulfonamides is 1. The van der Waals surface area contributed by atoms with Crippen molar-refractivity contribution in [1.82, 2.24) is 9.21 Å². The molecule has 5 nitrogen and oxygen atoms in total. The lowest BCUT2D eigenvalue weighted by molar-refractivity contribution is -0.132. The largest absolute Gasteiger partial charge is 0.333 e. The number of carbonyl (C=O) groups is 1. The number of hydrogen-bond donors (Lipinski definition) is 0. The second-order valence-corrected chi connectivity index (χ2v) is 8.90. The molecule has 0 heterocycles. The molecule has 0 radical (unpaired) electrons. The molecule has 0 N–H and O–H groups in total. The summed E-state index contributed by atoms with van der Waals surface area (Å²) in [6, 6.07) is 27.6. The van der Waals surface area contributed by atoms with E-state index in [9.17, 15) is 13.2 Å². The standard InChI is InChI=1S/C24H26N2O3S/c1-2-26(30(28,29)23-16-10-5-11-17-23)20-24(27)25(18-21-12-6-3-7-13-21)19-22-14-8-4-9-15-22/h3-17H,2,18-20H2,1H3. The van der Waals surface area contributed by atoms with Gasteiger partial charge >= 0.3 is 0 Å². The van der Waals surface area contributed by atoms with E-state index in [0.717, 1.165) is 11.1 Å². The first-order valence-electron chi connectivity index (χ1n) is 9.91. The van der Waals surface area contributed by atoms with Gasteiger partial charge in [-0.1, -0.05) is 85.8 Å². The number of hydrogen-bond acceptors (Lipinski definition) is 3. The second-order valence-electron chi connectivity index (χ2n) is 6.97. The zero-order valence-corrected chi connectivity index (χ0v) is 17.8. The third kappa shape index (κ3) is 5.55.